The van der Waals surface area contributed by atoms with Crippen molar-refractivity contribution in [3.05, 3.63) is 64.5 Å². The summed E-state index contributed by atoms with van der Waals surface area (Å²) in [6.45, 7) is 3.85. The first kappa shape index (κ1) is 26.2. The molecular weight excluding hydrogens is 485 g/mol. The normalized spacial score (nSPS) is 13.2. The number of hydrogen-bond donors (Lipinski definition) is 2. The molecule has 3 rings (SSSR count). The van der Waals surface area contributed by atoms with Crippen LogP contribution < -0.4 is 4.72 Å². The quantitative estimate of drug-likeness (QED) is 0.250. The van der Waals surface area contributed by atoms with Gasteiger partial charge in [0.25, 0.3) is 0 Å². The van der Waals surface area contributed by atoms with E-state index in [1.54, 1.807) is 6.92 Å². The lowest BCUT2D eigenvalue weighted by Crippen LogP contribution is -2.27. The van der Waals surface area contributed by atoms with Crippen LogP contribution in [-0.4, -0.2) is 33.6 Å². The summed E-state index contributed by atoms with van der Waals surface area (Å²) in [5, 5.41) is 8.72. The molecule has 2 N–H and O–H groups in total. The van der Waals surface area contributed by atoms with Gasteiger partial charge in [0.05, 0.1) is 17.9 Å². The number of thiophene rings is 1. The zero-order chi connectivity index (χ0) is 24.9. The van der Waals surface area contributed by atoms with Crippen molar-refractivity contribution in [3.63, 3.8) is 0 Å². The van der Waals surface area contributed by atoms with Gasteiger partial charge in [-0.2, -0.15) is 13.2 Å². The first-order valence-corrected chi connectivity index (χ1v) is 13.2. The molecule has 0 spiro atoms. The van der Waals surface area contributed by atoms with E-state index in [0.717, 1.165) is 15.6 Å². The number of alkyl halides is 3. The van der Waals surface area contributed by atoms with Crippen molar-refractivity contribution in [2.24, 2.45) is 0 Å². The van der Waals surface area contributed by atoms with Gasteiger partial charge in [0, 0.05) is 27.6 Å². The lowest BCUT2D eigenvalue weighted by Gasteiger charge is -2.19. The van der Waals surface area contributed by atoms with Crippen molar-refractivity contribution in [1.82, 2.24) is 4.72 Å². The Morgan fingerprint density at radius 2 is 1.79 bits per heavy atom. The van der Waals surface area contributed by atoms with Crippen molar-refractivity contribution >= 4 is 37.3 Å². The van der Waals surface area contributed by atoms with E-state index in [0.29, 0.717) is 23.5 Å². The smallest absolute Gasteiger partial charge is 0.389 e. The number of nitrogens with one attached hydrogen (secondary N) is 2. The Hall–Kier alpha value is -2.43. The first-order valence-electron chi connectivity index (χ1n) is 10.9. The minimum Gasteiger partial charge on any atom is -0.478 e. The second-order valence-electron chi connectivity index (χ2n) is 7.78. The van der Waals surface area contributed by atoms with Gasteiger partial charge in [-0.25, -0.2) is 13.1 Å². The number of hydrogen-bond acceptors (Lipinski definition) is 5. The number of sulfonamides is 1. The monoisotopic (exact) mass is 512 g/mol. The number of ether oxygens (including phenoxy) is 1. The number of aryl methyl sites for hydroxylation is 1. The molecule has 0 saturated carbocycles. The molecule has 184 valence electrons. The number of benzene rings is 2. The van der Waals surface area contributed by atoms with E-state index in [1.165, 1.54) is 35.6 Å². The van der Waals surface area contributed by atoms with Crippen molar-refractivity contribution in [1.29, 1.82) is 5.41 Å². The van der Waals surface area contributed by atoms with Crippen molar-refractivity contribution < 1.29 is 26.3 Å². The predicted octanol–water partition coefficient (Wildman–Crippen LogP) is 6.23. The van der Waals surface area contributed by atoms with Gasteiger partial charge >= 0.3 is 6.18 Å². The second-order valence-corrected chi connectivity index (χ2v) is 10.6. The Bertz CT molecular complexity index is 1240. The minimum absolute atomic E-state index is 0.0195. The fourth-order valence-corrected chi connectivity index (χ4v) is 6.36. The van der Waals surface area contributed by atoms with Gasteiger partial charge < -0.3 is 4.74 Å². The summed E-state index contributed by atoms with van der Waals surface area (Å²) < 4.78 is 74.1. The molecule has 0 saturated heterocycles. The fraction of sp³-hybridized carbons (Fsp3) is 0.375. The summed E-state index contributed by atoms with van der Waals surface area (Å²) in [5.41, 5.74) is 1.33. The van der Waals surface area contributed by atoms with Gasteiger partial charge in [0.15, 0.2) is 0 Å². The van der Waals surface area contributed by atoms with Crippen molar-refractivity contribution in [3.8, 4) is 0 Å². The van der Waals surface area contributed by atoms with Gasteiger partial charge in [0.2, 0.25) is 15.9 Å². The van der Waals surface area contributed by atoms with E-state index in [2.05, 4.69) is 4.72 Å². The highest BCUT2D eigenvalue weighted by Crippen LogP contribution is 2.42. The molecule has 3 aromatic rings. The topological polar surface area (TPSA) is 79.2 Å². The average Bonchev–Trinajstić information content (AvgIpc) is 3.16. The van der Waals surface area contributed by atoms with E-state index in [4.69, 9.17) is 10.1 Å². The third-order valence-electron chi connectivity index (χ3n) is 5.43. The summed E-state index contributed by atoms with van der Waals surface area (Å²) in [4.78, 5) is 0.642. The third kappa shape index (κ3) is 6.37. The number of rotatable bonds is 10. The zero-order valence-electron chi connectivity index (χ0n) is 18.9. The van der Waals surface area contributed by atoms with Crippen LogP contribution in [0.4, 0.5) is 13.2 Å². The molecule has 10 heteroatoms. The fourth-order valence-electron chi connectivity index (χ4n) is 3.88. The zero-order valence-corrected chi connectivity index (χ0v) is 20.5. The molecule has 0 bridgehead atoms. The highest BCUT2D eigenvalue weighted by Gasteiger charge is 2.34. The van der Waals surface area contributed by atoms with Crippen molar-refractivity contribution in [2.45, 2.75) is 50.1 Å². The maximum Gasteiger partial charge on any atom is 0.389 e. The molecule has 2 aromatic carbocycles. The number of fused-ring (bicyclic) bond motifs is 1. The Labute approximate surface area is 201 Å². The molecule has 0 amide bonds. The SMILES string of the molecule is CCOC(=N)c1ccc(S(=O)(=O)NCCC(CC(F)(F)F)c2sc3ccccc3c2CC)cc1. The Kier molecular flexibility index (Phi) is 8.38. The minimum atomic E-state index is -4.37. The molecule has 1 heterocycles. The molecule has 0 aliphatic heterocycles. The van der Waals surface area contributed by atoms with Crippen LogP contribution in [0.15, 0.2) is 53.4 Å². The molecule has 1 aromatic heterocycles. The number of halogens is 3. The van der Waals surface area contributed by atoms with Crippen LogP contribution in [0.3, 0.4) is 0 Å². The van der Waals surface area contributed by atoms with Crippen LogP contribution in [0.1, 0.15) is 48.6 Å². The molecule has 1 unspecified atom stereocenters. The van der Waals surface area contributed by atoms with Gasteiger partial charge in [-0.3, -0.25) is 5.41 Å². The summed E-state index contributed by atoms with van der Waals surface area (Å²) in [6.07, 6.45) is -4.76. The maximum absolute atomic E-state index is 13.4. The van der Waals surface area contributed by atoms with E-state index < -0.39 is 28.5 Å². The lowest BCUT2D eigenvalue weighted by molar-refractivity contribution is -0.138. The standard InChI is InChI=1S/C24H27F3N2O3S2/c1-3-19-20-7-5-6-8-21(20)33-22(19)17(15-24(25,26)27)13-14-29-34(30,31)18-11-9-16(10-12-18)23(28)32-4-2/h5-12,17,28-29H,3-4,13-15H2,1-2H3. The maximum atomic E-state index is 13.4. The lowest BCUT2D eigenvalue weighted by atomic mass is 9.94. The summed E-state index contributed by atoms with van der Waals surface area (Å²) in [5.74, 6) is -0.909. The highest BCUT2D eigenvalue weighted by molar-refractivity contribution is 7.89. The molecule has 0 fully saturated rings. The largest absolute Gasteiger partial charge is 0.478 e. The molecule has 34 heavy (non-hydrogen) atoms. The van der Waals surface area contributed by atoms with Gasteiger partial charge in [-0.15, -0.1) is 11.3 Å². The van der Waals surface area contributed by atoms with Crippen LogP contribution in [0.2, 0.25) is 0 Å². The van der Waals surface area contributed by atoms with Crippen LogP contribution in [0, 0.1) is 5.41 Å². The predicted molar refractivity (Wildman–Crippen MR) is 129 cm³/mol. The van der Waals surface area contributed by atoms with Crippen LogP contribution in [-0.2, 0) is 21.2 Å². The van der Waals surface area contributed by atoms with Gasteiger partial charge in [-0.1, -0.05) is 25.1 Å². The molecule has 0 aliphatic carbocycles. The average molecular weight is 513 g/mol. The van der Waals surface area contributed by atoms with E-state index in [9.17, 15) is 21.6 Å². The molecular formula is C24H27F3N2O3S2. The van der Waals surface area contributed by atoms with E-state index in [-0.39, 0.29) is 23.8 Å². The summed E-state index contributed by atoms with van der Waals surface area (Å²) in [6, 6.07) is 13.1. The molecule has 1 atom stereocenters. The third-order valence-corrected chi connectivity index (χ3v) is 8.28. The van der Waals surface area contributed by atoms with Gasteiger partial charge in [-0.05, 0) is 61.0 Å². The van der Waals surface area contributed by atoms with Crippen molar-refractivity contribution in [2.75, 3.05) is 13.2 Å². The first-order chi connectivity index (χ1) is 16.1. The molecule has 5 nitrogen and oxygen atoms in total. The summed E-state index contributed by atoms with van der Waals surface area (Å²) >= 11 is 1.35. The van der Waals surface area contributed by atoms with Crippen LogP contribution in [0.25, 0.3) is 10.1 Å². The Morgan fingerprint density at radius 1 is 1.12 bits per heavy atom. The molecule has 0 aliphatic rings. The Balaban J connectivity index is 1.77. The summed E-state index contributed by atoms with van der Waals surface area (Å²) in [7, 11) is -3.92. The van der Waals surface area contributed by atoms with Crippen LogP contribution >= 0.6 is 11.3 Å². The van der Waals surface area contributed by atoms with Crippen LogP contribution in [0.5, 0.6) is 0 Å². The highest BCUT2D eigenvalue weighted by atomic mass is 32.2. The van der Waals surface area contributed by atoms with Gasteiger partial charge in [0.1, 0.15) is 0 Å². The molecule has 0 radical (unpaired) electrons. The Morgan fingerprint density at radius 3 is 2.41 bits per heavy atom. The van der Waals surface area contributed by atoms with E-state index >= 15 is 0 Å². The second kappa shape index (κ2) is 10.9. The van der Waals surface area contributed by atoms with E-state index in [1.807, 2.05) is 31.2 Å².